The molecule has 0 bridgehead atoms. The molecule has 2 aromatic carbocycles. The third-order valence-corrected chi connectivity index (χ3v) is 6.63. The molecule has 0 atom stereocenters. The Morgan fingerprint density at radius 1 is 1.06 bits per heavy atom. The van der Waals surface area contributed by atoms with E-state index in [2.05, 4.69) is 26.2 Å². The van der Waals surface area contributed by atoms with Crippen LogP contribution in [0, 0.1) is 5.92 Å². The first-order valence-electron chi connectivity index (χ1n) is 11.1. The number of amides is 1. The summed E-state index contributed by atoms with van der Waals surface area (Å²) in [6.45, 7) is 1.17. The van der Waals surface area contributed by atoms with Crippen LogP contribution in [0.2, 0.25) is 10.0 Å². The Morgan fingerprint density at radius 2 is 1.77 bits per heavy atom. The summed E-state index contributed by atoms with van der Waals surface area (Å²) >= 11 is 11.9. The summed E-state index contributed by atoms with van der Waals surface area (Å²) in [5, 5.41) is 18.6. The average Bonchev–Trinajstić information content (AvgIpc) is 3.26. The number of alkyl halides is 3. The molecule has 1 aromatic heterocycles. The summed E-state index contributed by atoms with van der Waals surface area (Å²) in [4.78, 5) is 12.6. The first-order valence-corrected chi connectivity index (χ1v) is 11.9. The molecule has 186 valence electrons. The van der Waals surface area contributed by atoms with Gasteiger partial charge in [-0.2, -0.15) is 13.2 Å². The van der Waals surface area contributed by atoms with Crippen molar-refractivity contribution in [3.63, 3.8) is 0 Å². The lowest BCUT2D eigenvalue weighted by molar-refractivity contribution is -0.137. The highest BCUT2D eigenvalue weighted by molar-refractivity contribution is 6.33. The van der Waals surface area contributed by atoms with Gasteiger partial charge in [0.1, 0.15) is 0 Å². The Bertz CT molecular complexity index is 1160. The van der Waals surface area contributed by atoms with Crippen molar-refractivity contribution in [2.45, 2.75) is 44.4 Å². The quantitative estimate of drug-likeness (QED) is 0.427. The van der Waals surface area contributed by atoms with Gasteiger partial charge < -0.3 is 10.6 Å². The fourth-order valence-electron chi connectivity index (χ4n) is 4.09. The molecule has 0 spiro atoms. The van der Waals surface area contributed by atoms with Gasteiger partial charge in [-0.1, -0.05) is 40.4 Å². The average molecular weight is 527 g/mol. The number of carbonyl (C=O) groups excluding carboxylic acids is 1. The van der Waals surface area contributed by atoms with E-state index >= 15 is 0 Å². The zero-order chi connectivity index (χ0) is 25.0. The van der Waals surface area contributed by atoms with Crippen molar-refractivity contribution in [2.75, 3.05) is 11.9 Å². The molecule has 7 nitrogen and oxygen atoms in total. The summed E-state index contributed by atoms with van der Waals surface area (Å²) < 4.78 is 40.6. The summed E-state index contributed by atoms with van der Waals surface area (Å²) in [6.07, 6.45) is -1.44. The normalized spacial score (nSPS) is 18.3. The molecule has 0 aliphatic heterocycles. The number of anilines is 1. The van der Waals surface area contributed by atoms with E-state index in [-0.39, 0.29) is 16.6 Å². The van der Waals surface area contributed by atoms with Gasteiger partial charge in [0.2, 0.25) is 5.95 Å². The molecule has 0 saturated heterocycles. The van der Waals surface area contributed by atoms with E-state index in [9.17, 15) is 18.0 Å². The number of hydrogen-bond donors (Lipinski definition) is 2. The van der Waals surface area contributed by atoms with E-state index in [0.717, 1.165) is 36.6 Å². The molecule has 0 radical (unpaired) electrons. The molecule has 35 heavy (non-hydrogen) atoms. The van der Waals surface area contributed by atoms with E-state index in [0.29, 0.717) is 42.8 Å². The van der Waals surface area contributed by atoms with Crippen molar-refractivity contribution >= 4 is 35.1 Å². The minimum Gasteiger partial charge on any atom is -0.353 e. The van der Waals surface area contributed by atoms with E-state index in [1.165, 1.54) is 0 Å². The number of benzene rings is 2. The minimum absolute atomic E-state index is 0.00953. The lowest BCUT2D eigenvalue weighted by atomic mass is 9.86. The lowest BCUT2D eigenvalue weighted by Gasteiger charge is -2.29. The van der Waals surface area contributed by atoms with Gasteiger partial charge >= 0.3 is 6.18 Å². The summed E-state index contributed by atoms with van der Waals surface area (Å²) in [5.41, 5.74) is -0.0556. The van der Waals surface area contributed by atoms with Gasteiger partial charge in [-0.15, -0.1) is 0 Å². The molecule has 1 aliphatic carbocycles. The molecule has 12 heteroatoms. The largest absolute Gasteiger partial charge is 0.416 e. The van der Waals surface area contributed by atoms with Crippen molar-refractivity contribution < 1.29 is 18.0 Å². The number of nitrogens with one attached hydrogen (secondary N) is 2. The van der Waals surface area contributed by atoms with Crippen LogP contribution in [0.3, 0.4) is 0 Å². The summed E-state index contributed by atoms with van der Waals surface area (Å²) in [5.74, 6) is 0.319. The van der Waals surface area contributed by atoms with Crippen LogP contribution >= 0.6 is 23.2 Å². The topological polar surface area (TPSA) is 84.7 Å². The Hall–Kier alpha value is -2.85. The Balaban J connectivity index is 1.26. The second kappa shape index (κ2) is 10.8. The van der Waals surface area contributed by atoms with Gasteiger partial charge in [-0.3, -0.25) is 4.79 Å². The number of halogens is 5. The molecule has 1 saturated carbocycles. The molecule has 3 aromatic rings. The smallest absolute Gasteiger partial charge is 0.353 e. The Labute approximate surface area is 210 Å². The van der Waals surface area contributed by atoms with Crippen LogP contribution in [0.1, 0.15) is 47.2 Å². The zero-order valence-corrected chi connectivity index (χ0v) is 20.0. The van der Waals surface area contributed by atoms with Gasteiger partial charge in [0, 0.05) is 17.6 Å². The van der Waals surface area contributed by atoms with Crippen LogP contribution in [0.25, 0.3) is 0 Å². The van der Waals surface area contributed by atoms with Crippen LogP contribution in [0.4, 0.5) is 19.1 Å². The van der Waals surface area contributed by atoms with Crippen LogP contribution in [-0.2, 0) is 12.7 Å². The van der Waals surface area contributed by atoms with Crippen molar-refractivity contribution in [3.8, 4) is 0 Å². The minimum atomic E-state index is -4.54. The molecule has 2 N–H and O–H groups in total. The third kappa shape index (κ3) is 6.64. The second-order valence-electron chi connectivity index (χ2n) is 8.55. The van der Waals surface area contributed by atoms with Gasteiger partial charge in [-0.25, -0.2) is 4.68 Å². The van der Waals surface area contributed by atoms with E-state index < -0.39 is 17.6 Å². The SMILES string of the molecule is O=C(NC1CCC(CNc2nnnn2Cc2ccc(Cl)cc2)CC1)c1cc(C(F)(F)F)ccc1Cl. The second-order valence-corrected chi connectivity index (χ2v) is 9.39. The standard InChI is InChI=1S/C23H23Cl2F3N6O/c24-17-6-1-15(2-7-17)13-34-22(31-32-33-34)29-12-14-3-8-18(9-4-14)30-21(35)19-11-16(23(26,27)28)5-10-20(19)25/h1-2,5-7,10-11,14,18H,3-4,8-9,12-13H2,(H,30,35)(H,29,31,33). The molecule has 1 fully saturated rings. The molecule has 0 unspecified atom stereocenters. The van der Waals surface area contributed by atoms with Crippen LogP contribution in [0.5, 0.6) is 0 Å². The van der Waals surface area contributed by atoms with Crippen molar-refractivity contribution in [2.24, 2.45) is 5.92 Å². The Kier molecular flexibility index (Phi) is 7.81. The predicted octanol–water partition coefficient (Wildman–Crippen LogP) is 5.45. The number of carbonyl (C=O) groups is 1. The lowest BCUT2D eigenvalue weighted by Crippen LogP contribution is -2.38. The number of rotatable bonds is 7. The first-order chi connectivity index (χ1) is 16.7. The fraction of sp³-hybridized carbons (Fsp3) is 0.391. The van der Waals surface area contributed by atoms with E-state index in [4.69, 9.17) is 23.2 Å². The first kappa shape index (κ1) is 25.2. The van der Waals surface area contributed by atoms with Crippen LogP contribution in [0.15, 0.2) is 42.5 Å². The molecule has 1 heterocycles. The number of aromatic nitrogens is 4. The van der Waals surface area contributed by atoms with Crippen molar-refractivity contribution in [1.82, 2.24) is 25.5 Å². The highest BCUT2D eigenvalue weighted by Crippen LogP contribution is 2.32. The maximum absolute atomic E-state index is 13.0. The van der Waals surface area contributed by atoms with Crippen molar-refractivity contribution in [3.05, 3.63) is 69.2 Å². The highest BCUT2D eigenvalue weighted by atomic mass is 35.5. The van der Waals surface area contributed by atoms with E-state index in [1.807, 2.05) is 24.3 Å². The monoisotopic (exact) mass is 526 g/mol. The Morgan fingerprint density at radius 3 is 2.46 bits per heavy atom. The van der Waals surface area contributed by atoms with Gasteiger partial charge in [0.05, 0.1) is 22.7 Å². The molecule has 1 aliphatic rings. The summed E-state index contributed by atoms with van der Waals surface area (Å²) in [6, 6.07) is 10.1. The van der Waals surface area contributed by atoms with Crippen LogP contribution < -0.4 is 10.6 Å². The van der Waals surface area contributed by atoms with Gasteiger partial charge in [-0.05, 0) is 77.9 Å². The van der Waals surface area contributed by atoms with Crippen LogP contribution in [-0.4, -0.2) is 38.7 Å². The van der Waals surface area contributed by atoms with Crippen molar-refractivity contribution in [1.29, 1.82) is 0 Å². The van der Waals surface area contributed by atoms with Gasteiger partial charge in [0.25, 0.3) is 5.91 Å². The maximum atomic E-state index is 13.0. The molecular formula is C23H23Cl2F3N6O. The highest BCUT2D eigenvalue weighted by Gasteiger charge is 2.32. The fourth-order valence-corrected chi connectivity index (χ4v) is 4.42. The molecule has 4 rings (SSSR count). The summed E-state index contributed by atoms with van der Waals surface area (Å²) in [7, 11) is 0. The maximum Gasteiger partial charge on any atom is 0.416 e. The number of nitrogens with zero attached hydrogens (tertiary/aromatic N) is 4. The molecular weight excluding hydrogens is 504 g/mol. The molecule has 1 amide bonds. The predicted molar refractivity (Wildman–Crippen MR) is 127 cm³/mol. The van der Waals surface area contributed by atoms with E-state index in [1.54, 1.807) is 4.68 Å². The third-order valence-electron chi connectivity index (χ3n) is 6.05. The zero-order valence-electron chi connectivity index (χ0n) is 18.5. The number of hydrogen-bond acceptors (Lipinski definition) is 5. The van der Waals surface area contributed by atoms with Gasteiger partial charge in [0.15, 0.2) is 0 Å². The number of tetrazole rings is 1.